The molecule has 0 fully saturated rings. The van der Waals surface area contributed by atoms with Gasteiger partial charge >= 0.3 is 0 Å². The van der Waals surface area contributed by atoms with Crippen molar-refractivity contribution in [3.63, 3.8) is 0 Å². The molecular weight excluding hydrogens is 504 g/mol. The van der Waals surface area contributed by atoms with E-state index in [0.29, 0.717) is 36.0 Å². The highest BCUT2D eigenvalue weighted by Gasteiger charge is 2.18. The number of likely N-dealkylation sites (N-methyl/N-ethyl adjacent to an activating group) is 2. The lowest BCUT2D eigenvalue weighted by Gasteiger charge is -2.26. The predicted octanol–water partition coefficient (Wildman–Crippen LogP) is 4.28. The van der Waals surface area contributed by atoms with Crippen molar-refractivity contribution in [3.05, 3.63) is 54.9 Å². The Morgan fingerprint density at radius 3 is 2.45 bits per heavy atom. The first-order chi connectivity index (χ1) is 19.2. The number of ether oxygens (including phenoxy) is 1. The van der Waals surface area contributed by atoms with Crippen LogP contribution in [0, 0.1) is 0 Å². The molecule has 0 aliphatic heterocycles. The van der Waals surface area contributed by atoms with Gasteiger partial charge in [-0.25, -0.2) is 9.97 Å². The van der Waals surface area contributed by atoms with Crippen LogP contribution in [-0.2, 0) is 11.8 Å². The first-order valence-corrected chi connectivity index (χ1v) is 13.3. The molecule has 4 rings (SSSR count). The highest BCUT2D eigenvalue weighted by atomic mass is 16.5. The predicted molar refractivity (Wildman–Crippen MR) is 164 cm³/mol. The zero-order valence-corrected chi connectivity index (χ0v) is 24.5. The Hall–Kier alpha value is -4.15. The molecule has 0 aliphatic rings. The van der Waals surface area contributed by atoms with E-state index < -0.39 is 0 Å². The van der Waals surface area contributed by atoms with Crippen molar-refractivity contribution in [1.29, 1.82) is 0 Å². The number of nitrogens with zero attached hydrogens (tertiary/aromatic N) is 6. The van der Waals surface area contributed by atoms with Crippen LogP contribution in [0.2, 0.25) is 0 Å². The highest BCUT2D eigenvalue weighted by Crippen LogP contribution is 2.38. The summed E-state index contributed by atoms with van der Waals surface area (Å²) in [6, 6.07) is 14.0. The van der Waals surface area contributed by atoms with Crippen molar-refractivity contribution < 1.29 is 9.53 Å². The van der Waals surface area contributed by atoms with Gasteiger partial charge in [-0.2, -0.15) is 0 Å². The van der Waals surface area contributed by atoms with E-state index in [1.165, 1.54) is 0 Å². The van der Waals surface area contributed by atoms with Gasteiger partial charge in [-0.1, -0.05) is 18.2 Å². The van der Waals surface area contributed by atoms with E-state index in [1.54, 1.807) is 13.3 Å². The van der Waals surface area contributed by atoms with Crippen molar-refractivity contribution in [1.82, 2.24) is 24.3 Å². The summed E-state index contributed by atoms with van der Waals surface area (Å²) < 4.78 is 7.87. The van der Waals surface area contributed by atoms with Gasteiger partial charge < -0.3 is 34.6 Å². The third-order valence-electron chi connectivity index (χ3n) is 6.75. The van der Waals surface area contributed by atoms with Gasteiger partial charge in [0.2, 0.25) is 11.9 Å². The summed E-state index contributed by atoms with van der Waals surface area (Å²) in [5, 5.41) is 7.57. The monoisotopic (exact) mass is 544 g/mol. The van der Waals surface area contributed by atoms with Crippen LogP contribution in [0.3, 0.4) is 0 Å². The number of aromatic nitrogens is 3. The molecule has 40 heavy (non-hydrogen) atoms. The van der Waals surface area contributed by atoms with Gasteiger partial charge in [-0.15, -0.1) is 0 Å². The molecule has 0 radical (unpaired) electrons. The van der Waals surface area contributed by atoms with E-state index >= 15 is 0 Å². The van der Waals surface area contributed by atoms with Gasteiger partial charge in [-0.05, 0) is 46.4 Å². The Morgan fingerprint density at radius 2 is 1.73 bits per heavy atom. The average Bonchev–Trinajstić information content (AvgIpc) is 3.27. The molecular formula is C30H40N8O2. The molecule has 2 N–H and O–H groups in total. The maximum absolute atomic E-state index is 12.8. The smallest absolute Gasteiger partial charge is 0.227 e. The number of fused-ring (bicyclic) bond motifs is 1. The van der Waals surface area contributed by atoms with Crippen LogP contribution in [0.25, 0.3) is 22.2 Å². The van der Waals surface area contributed by atoms with E-state index in [-0.39, 0.29) is 5.91 Å². The Morgan fingerprint density at radius 1 is 0.975 bits per heavy atom. The largest absolute Gasteiger partial charge is 0.494 e. The molecule has 0 saturated carbocycles. The minimum atomic E-state index is -0.0544. The van der Waals surface area contributed by atoms with Gasteiger partial charge in [0.25, 0.3) is 0 Å². The third kappa shape index (κ3) is 6.88. The fourth-order valence-electron chi connectivity index (χ4n) is 4.50. The van der Waals surface area contributed by atoms with Gasteiger partial charge in [-0.3, -0.25) is 4.79 Å². The van der Waals surface area contributed by atoms with E-state index in [0.717, 1.165) is 40.9 Å². The number of para-hydroxylation sites is 1. The molecule has 0 bridgehead atoms. The van der Waals surface area contributed by atoms with Gasteiger partial charge in [0.05, 0.1) is 29.9 Å². The SMILES string of the molecule is COc1cc(N(C)CCN(C)C)c(NC(=O)CCN(C)C)cc1Nc1nccc(-c2cn(C)c3ccccc23)n1. The Balaban J connectivity index is 1.68. The third-order valence-corrected chi connectivity index (χ3v) is 6.75. The zero-order chi connectivity index (χ0) is 28.8. The van der Waals surface area contributed by atoms with Crippen LogP contribution in [0.1, 0.15) is 6.42 Å². The number of aryl methyl sites for hydroxylation is 1. The maximum Gasteiger partial charge on any atom is 0.227 e. The van der Waals surface area contributed by atoms with Gasteiger partial charge in [0, 0.05) is 75.1 Å². The van der Waals surface area contributed by atoms with Crippen molar-refractivity contribution in [2.75, 3.05) is 77.5 Å². The van der Waals surface area contributed by atoms with Crippen LogP contribution in [0.5, 0.6) is 5.75 Å². The van der Waals surface area contributed by atoms with Crippen molar-refractivity contribution in [2.24, 2.45) is 7.05 Å². The quantitative estimate of drug-likeness (QED) is 0.273. The van der Waals surface area contributed by atoms with Crippen LogP contribution in [0.15, 0.2) is 54.9 Å². The van der Waals surface area contributed by atoms with Gasteiger partial charge in [0.1, 0.15) is 5.75 Å². The number of hydrogen-bond acceptors (Lipinski definition) is 8. The Kier molecular flexibility index (Phi) is 9.23. The standard InChI is InChI=1S/C30H40N8O2/c1-35(2)15-13-29(39)32-24-18-25(28(40-7)19-27(24)37(5)17-16-36(3)4)34-30-31-14-12-23(33-30)22-20-38(6)26-11-9-8-10-21(22)26/h8-12,14,18-20H,13,15-17H2,1-7H3,(H,32,39)(H,31,33,34). The van der Waals surface area contributed by atoms with Crippen LogP contribution >= 0.6 is 0 Å². The lowest BCUT2D eigenvalue weighted by atomic mass is 10.1. The van der Waals surface area contributed by atoms with E-state index in [1.807, 2.05) is 77.5 Å². The summed E-state index contributed by atoms with van der Waals surface area (Å²) in [6.45, 7) is 2.30. The molecule has 10 heteroatoms. The van der Waals surface area contributed by atoms with E-state index in [9.17, 15) is 4.79 Å². The molecule has 2 aromatic heterocycles. The average molecular weight is 545 g/mol. The summed E-state index contributed by atoms with van der Waals surface area (Å²) in [5.41, 5.74) is 5.19. The van der Waals surface area contributed by atoms with E-state index in [4.69, 9.17) is 9.72 Å². The van der Waals surface area contributed by atoms with E-state index in [2.05, 4.69) is 48.3 Å². The fourth-order valence-corrected chi connectivity index (χ4v) is 4.50. The molecule has 0 atom stereocenters. The number of rotatable bonds is 12. The number of methoxy groups -OCH3 is 1. The fraction of sp³-hybridized carbons (Fsp3) is 0.367. The lowest BCUT2D eigenvalue weighted by molar-refractivity contribution is -0.116. The molecule has 2 aromatic carbocycles. The van der Waals surface area contributed by atoms with Crippen LogP contribution in [-0.4, -0.2) is 92.2 Å². The first kappa shape index (κ1) is 28.8. The second kappa shape index (κ2) is 12.8. The second-order valence-corrected chi connectivity index (χ2v) is 10.5. The van der Waals surface area contributed by atoms with Crippen molar-refractivity contribution >= 4 is 39.8 Å². The van der Waals surface area contributed by atoms with Crippen LogP contribution in [0.4, 0.5) is 23.0 Å². The molecule has 0 spiro atoms. The summed E-state index contributed by atoms with van der Waals surface area (Å²) in [6.07, 6.45) is 4.21. The topological polar surface area (TPSA) is 90.8 Å². The lowest BCUT2D eigenvalue weighted by Crippen LogP contribution is -2.29. The second-order valence-electron chi connectivity index (χ2n) is 10.5. The summed E-state index contributed by atoms with van der Waals surface area (Å²) >= 11 is 0. The molecule has 4 aromatic rings. The first-order valence-electron chi connectivity index (χ1n) is 13.3. The zero-order valence-electron chi connectivity index (χ0n) is 24.5. The van der Waals surface area contributed by atoms with Crippen molar-refractivity contribution in [3.8, 4) is 17.0 Å². The number of anilines is 4. The Bertz CT molecular complexity index is 1460. The molecule has 0 aliphatic carbocycles. The van der Waals surface area contributed by atoms with Gasteiger partial charge in [0.15, 0.2) is 0 Å². The normalized spacial score (nSPS) is 11.3. The summed E-state index contributed by atoms with van der Waals surface area (Å²) in [7, 11) is 13.7. The minimum absolute atomic E-state index is 0.0544. The van der Waals surface area contributed by atoms with Crippen LogP contribution < -0.4 is 20.3 Å². The number of carbonyl (C=O) groups excluding carboxylic acids is 1. The molecule has 10 nitrogen and oxygen atoms in total. The molecule has 212 valence electrons. The molecule has 1 amide bonds. The number of benzene rings is 2. The summed E-state index contributed by atoms with van der Waals surface area (Å²) in [5.74, 6) is 1.00. The molecule has 0 saturated heterocycles. The Labute approximate surface area is 236 Å². The number of hydrogen-bond donors (Lipinski definition) is 2. The summed E-state index contributed by atoms with van der Waals surface area (Å²) in [4.78, 5) is 28.4. The number of amides is 1. The molecule has 0 unspecified atom stereocenters. The number of carbonyl (C=O) groups is 1. The molecule has 2 heterocycles. The van der Waals surface area contributed by atoms with Crippen molar-refractivity contribution in [2.45, 2.75) is 6.42 Å². The number of nitrogens with one attached hydrogen (secondary N) is 2. The minimum Gasteiger partial charge on any atom is -0.494 e. The highest BCUT2D eigenvalue weighted by molar-refractivity contribution is 5.97. The maximum atomic E-state index is 12.8.